The molecular weight excluding hydrogens is 520 g/mol. The highest BCUT2D eigenvalue weighted by Crippen LogP contribution is 2.34. The van der Waals surface area contributed by atoms with Crippen LogP contribution in [0.15, 0.2) is 23.0 Å². The van der Waals surface area contributed by atoms with E-state index in [2.05, 4.69) is 37.7 Å². The van der Waals surface area contributed by atoms with Gasteiger partial charge in [-0.15, -0.1) is 0 Å². The Hall–Kier alpha value is -2.65. The Morgan fingerprint density at radius 2 is 1.72 bits per heavy atom. The van der Waals surface area contributed by atoms with Crippen molar-refractivity contribution in [3.8, 4) is 0 Å². The van der Waals surface area contributed by atoms with E-state index in [0.717, 1.165) is 38.7 Å². The number of hydrogen-bond donors (Lipinski definition) is 2. The Labute approximate surface area is 206 Å². The molecule has 0 bridgehead atoms. The predicted molar refractivity (Wildman–Crippen MR) is 115 cm³/mol. The number of carboxylic acids is 2. The van der Waals surface area contributed by atoms with E-state index in [1.807, 2.05) is 0 Å². The van der Waals surface area contributed by atoms with Crippen molar-refractivity contribution in [1.29, 1.82) is 0 Å². The van der Waals surface area contributed by atoms with Gasteiger partial charge in [-0.1, -0.05) is 0 Å². The van der Waals surface area contributed by atoms with Gasteiger partial charge in [-0.05, 0) is 41.1 Å². The van der Waals surface area contributed by atoms with Gasteiger partial charge in [0.2, 0.25) is 0 Å². The molecule has 0 amide bonds. The summed E-state index contributed by atoms with van der Waals surface area (Å²) in [6.07, 6.45) is -5.34. The van der Waals surface area contributed by atoms with Crippen LogP contribution < -0.4 is 0 Å². The van der Waals surface area contributed by atoms with Crippen molar-refractivity contribution < 1.29 is 50.9 Å². The van der Waals surface area contributed by atoms with E-state index in [-0.39, 0.29) is 0 Å². The van der Waals surface area contributed by atoms with Gasteiger partial charge in [0.15, 0.2) is 0 Å². The molecule has 2 aliphatic rings. The minimum absolute atomic E-state index is 0.445. The lowest BCUT2D eigenvalue weighted by molar-refractivity contribution is -0.193. The molecule has 0 saturated heterocycles. The second-order valence-electron chi connectivity index (χ2n) is 8.23. The number of methoxy groups -OCH3 is 1. The molecular formula is C21H25F6N3O5S. The van der Waals surface area contributed by atoms with Gasteiger partial charge >= 0.3 is 24.3 Å². The zero-order valence-corrected chi connectivity index (χ0v) is 19.9. The van der Waals surface area contributed by atoms with Crippen LogP contribution in [0.1, 0.15) is 35.6 Å². The van der Waals surface area contributed by atoms with Crippen molar-refractivity contribution in [2.45, 2.75) is 50.7 Å². The highest BCUT2D eigenvalue weighted by Gasteiger charge is 2.39. The topological polar surface area (TPSA) is 105 Å². The van der Waals surface area contributed by atoms with Gasteiger partial charge in [0, 0.05) is 44.8 Å². The van der Waals surface area contributed by atoms with Crippen LogP contribution in [0, 0.1) is 5.92 Å². The van der Waals surface area contributed by atoms with Gasteiger partial charge in [-0.25, -0.2) is 9.59 Å². The first-order chi connectivity index (χ1) is 16.7. The first kappa shape index (κ1) is 29.6. The summed E-state index contributed by atoms with van der Waals surface area (Å²) in [6.45, 7) is 4.98. The zero-order chi connectivity index (χ0) is 27.1. The lowest BCUT2D eigenvalue weighted by Crippen LogP contribution is -2.35. The highest BCUT2D eigenvalue weighted by atomic mass is 32.1. The molecule has 202 valence electrons. The monoisotopic (exact) mass is 545 g/mol. The number of carbonyl (C=O) groups is 2. The molecule has 1 fully saturated rings. The Morgan fingerprint density at radius 1 is 1.14 bits per heavy atom. The van der Waals surface area contributed by atoms with Crippen LogP contribution in [0.4, 0.5) is 26.3 Å². The first-order valence-corrected chi connectivity index (χ1v) is 11.5. The minimum Gasteiger partial charge on any atom is -0.475 e. The van der Waals surface area contributed by atoms with Crippen molar-refractivity contribution in [2.75, 3.05) is 20.3 Å². The summed E-state index contributed by atoms with van der Waals surface area (Å²) in [7, 11) is 1.80. The number of fused-ring (bicyclic) bond motifs is 1. The SMILES string of the molecule is COCC1CN(Cc2ccsc2)Cc2c1cnn2CC1CC1.O=C(O)C(F)(F)F.O=C(O)C(F)(F)F. The van der Waals surface area contributed by atoms with Crippen molar-refractivity contribution in [3.63, 3.8) is 0 Å². The standard InChI is InChI=1S/C17H23N3OS.2C2HF3O2/c1-21-11-15-9-19(7-14-4-5-22-12-14)10-17-16(15)6-18-20(17)8-13-2-3-13;2*3-2(4,5)1(6)7/h4-6,12-13,15H,2-3,7-11H2,1H3;2*(H,6,7). The number of thiophene rings is 1. The second-order valence-corrected chi connectivity index (χ2v) is 9.01. The van der Waals surface area contributed by atoms with Crippen LogP contribution in [0.5, 0.6) is 0 Å². The average molecular weight is 546 g/mol. The van der Waals surface area contributed by atoms with E-state index in [1.165, 1.54) is 29.7 Å². The van der Waals surface area contributed by atoms with Gasteiger partial charge in [0.05, 0.1) is 18.5 Å². The van der Waals surface area contributed by atoms with E-state index < -0.39 is 24.3 Å². The molecule has 1 atom stereocenters. The number of aromatic nitrogens is 2. The third-order valence-electron chi connectivity index (χ3n) is 5.24. The molecule has 2 N–H and O–H groups in total. The molecule has 2 aromatic rings. The molecule has 36 heavy (non-hydrogen) atoms. The fourth-order valence-corrected chi connectivity index (χ4v) is 4.09. The summed E-state index contributed by atoms with van der Waals surface area (Å²) in [4.78, 5) is 20.3. The van der Waals surface area contributed by atoms with Crippen molar-refractivity contribution in [2.24, 2.45) is 5.92 Å². The minimum atomic E-state index is -5.08. The Morgan fingerprint density at radius 3 is 2.17 bits per heavy atom. The summed E-state index contributed by atoms with van der Waals surface area (Å²) in [5.41, 5.74) is 4.23. The maximum absolute atomic E-state index is 10.6. The van der Waals surface area contributed by atoms with Gasteiger partial charge in [-0.3, -0.25) is 9.58 Å². The van der Waals surface area contributed by atoms with E-state index in [0.29, 0.717) is 5.92 Å². The third kappa shape index (κ3) is 9.43. The maximum atomic E-state index is 10.6. The van der Waals surface area contributed by atoms with Crippen LogP contribution in [-0.2, 0) is 34.0 Å². The largest absolute Gasteiger partial charge is 0.490 e. The Balaban J connectivity index is 0.000000271. The third-order valence-corrected chi connectivity index (χ3v) is 5.97. The summed E-state index contributed by atoms with van der Waals surface area (Å²) >= 11 is 1.78. The van der Waals surface area contributed by atoms with E-state index in [4.69, 9.17) is 24.5 Å². The second kappa shape index (κ2) is 12.5. The number of ether oxygens (including phenoxy) is 1. The number of rotatable bonds is 6. The van der Waals surface area contributed by atoms with Crippen LogP contribution in [0.25, 0.3) is 0 Å². The summed E-state index contributed by atoms with van der Waals surface area (Å²) in [5, 5.41) is 23.3. The number of aliphatic carboxylic acids is 2. The average Bonchev–Trinajstić information content (AvgIpc) is 3.26. The van der Waals surface area contributed by atoms with E-state index in [9.17, 15) is 26.3 Å². The molecule has 3 heterocycles. The highest BCUT2D eigenvalue weighted by molar-refractivity contribution is 7.07. The summed E-state index contributed by atoms with van der Waals surface area (Å²) < 4.78 is 71.2. The van der Waals surface area contributed by atoms with Crippen LogP contribution in [0.2, 0.25) is 0 Å². The van der Waals surface area contributed by atoms with Crippen LogP contribution in [0.3, 0.4) is 0 Å². The van der Waals surface area contributed by atoms with Gasteiger partial charge in [-0.2, -0.15) is 42.8 Å². The normalized spacial score (nSPS) is 17.8. The lowest BCUT2D eigenvalue weighted by Gasteiger charge is -2.32. The fourth-order valence-electron chi connectivity index (χ4n) is 3.43. The Kier molecular flexibility index (Phi) is 10.3. The molecule has 0 radical (unpaired) electrons. The van der Waals surface area contributed by atoms with E-state index >= 15 is 0 Å². The molecule has 1 saturated carbocycles. The van der Waals surface area contributed by atoms with Crippen molar-refractivity contribution in [3.05, 3.63) is 39.8 Å². The lowest BCUT2D eigenvalue weighted by atomic mass is 9.95. The molecule has 1 unspecified atom stereocenters. The number of nitrogens with zero attached hydrogens (tertiary/aromatic N) is 3. The molecule has 0 spiro atoms. The first-order valence-electron chi connectivity index (χ1n) is 10.6. The molecule has 1 aliphatic heterocycles. The van der Waals surface area contributed by atoms with Gasteiger partial charge in [0.25, 0.3) is 0 Å². The Bertz CT molecular complexity index is 965. The number of halogens is 6. The molecule has 4 rings (SSSR count). The molecule has 1 aliphatic carbocycles. The van der Waals surface area contributed by atoms with Crippen LogP contribution >= 0.6 is 11.3 Å². The molecule has 8 nitrogen and oxygen atoms in total. The van der Waals surface area contributed by atoms with Crippen molar-refractivity contribution in [1.82, 2.24) is 14.7 Å². The fraction of sp³-hybridized carbons (Fsp3) is 0.571. The molecule has 0 aromatic carbocycles. The van der Waals surface area contributed by atoms with Gasteiger partial charge < -0.3 is 14.9 Å². The van der Waals surface area contributed by atoms with Crippen molar-refractivity contribution >= 4 is 23.3 Å². The maximum Gasteiger partial charge on any atom is 0.490 e. The molecule has 15 heteroatoms. The molecule has 2 aromatic heterocycles. The number of hydrogen-bond acceptors (Lipinski definition) is 6. The van der Waals surface area contributed by atoms with Crippen LogP contribution in [-0.4, -0.2) is 69.4 Å². The quantitative estimate of drug-likeness (QED) is 0.520. The van der Waals surface area contributed by atoms with E-state index in [1.54, 1.807) is 18.4 Å². The number of carboxylic acid groups (broad SMARTS) is 2. The zero-order valence-electron chi connectivity index (χ0n) is 19.1. The summed E-state index contributed by atoms with van der Waals surface area (Å²) in [5.74, 6) is -4.21. The predicted octanol–water partition coefficient (Wildman–Crippen LogP) is 4.37. The smallest absolute Gasteiger partial charge is 0.475 e. The summed E-state index contributed by atoms with van der Waals surface area (Å²) in [6, 6.07) is 2.23. The number of alkyl halides is 6. The van der Waals surface area contributed by atoms with Gasteiger partial charge in [0.1, 0.15) is 0 Å².